The van der Waals surface area contributed by atoms with Crippen LogP contribution in [0.15, 0.2) is 22.3 Å². The van der Waals surface area contributed by atoms with E-state index in [9.17, 15) is 4.79 Å². The number of aromatic nitrogens is 4. The van der Waals surface area contributed by atoms with E-state index in [1.807, 2.05) is 6.92 Å². The van der Waals surface area contributed by atoms with Crippen LogP contribution in [0.1, 0.15) is 6.92 Å². The predicted octanol–water partition coefficient (Wildman–Crippen LogP) is -0.754. The molecule has 0 bridgehead atoms. The summed E-state index contributed by atoms with van der Waals surface area (Å²) in [4.78, 5) is 11.8. The highest BCUT2D eigenvalue weighted by molar-refractivity contribution is 7.58. The third kappa shape index (κ3) is 1.11. The number of rotatable bonds is 1. The Morgan fingerprint density at radius 2 is 2.36 bits per heavy atom. The van der Waals surface area contributed by atoms with E-state index < -0.39 is 0 Å². The largest absolute Gasteiger partial charge is 0.702 e. The molecule has 74 valence electrons. The first-order valence-corrected chi connectivity index (χ1v) is 4.70. The Morgan fingerprint density at radius 3 is 3.00 bits per heavy atom. The lowest BCUT2D eigenvalue weighted by Gasteiger charge is -1.99. The summed E-state index contributed by atoms with van der Waals surface area (Å²) in [5.74, 6) is 0. The molecule has 2 aromatic heterocycles. The number of fused-ring (bicyclic) bond motifs is 1. The van der Waals surface area contributed by atoms with Crippen LogP contribution in [0.3, 0.4) is 0 Å². The van der Waals surface area contributed by atoms with Crippen molar-refractivity contribution in [1.29, 1.82) is 0 Å². The number of hydrogen-bond acceptors (Lipinski definition) is 3. The lowest BCUT2D eigenvalue weighted by molar-refractivity contribution is -0.557. The molecule has 0 saturated carbocycles. The Labute approximate surface area is 86.0 Å². The van der Waals surface area contributed by atoms with Gasteiger partial charge in [-0.05, 0) is 6.92 Å². The Kier molecular flexibility index (Phi) is 1.99. The second kappa shape index (κ2) is 3.06. The van der Waals surface area contributed by atoms with Crippen molar-refractivity contribution >= 4 is 18.3 Å². The lowest BCUT2D eigenvalue weighted by Crippen LogP contribution is -2.34. The van der Waals surface area contributed by atoms with Crippen LogP contribution in [0.4, 0.5) is 0 Å². The predicted molar refractivity (Wildman–Crippen MR) is 51.9 cm³/mol. The Hall–Kier alpha value is -1.43. The number of aryl methyl sites for hydroxylation is 2. The summed E-state index contributed by atoms with van der Waals surface area (Å²) >= 11 is 5.00. The van der Waals surface area contributed by atoms with Gasteiger partial charge in [0.15, 0.2) is 5.16 Å². The average Bonchev–Trinajstić information content (AvgIpc) is 2.44. The van der Waals surface area contributed by atoms with Crippen molar-refractivity contribution in [3.63, 3.8) is 0 Å². The highest BCUT2D eigenvalue weighted by Gasteiger charge is 2.14. The van der Waals surface area contributed by atoms with Gasteiger partial charge in [-0.1, -0.05) is 0 Å². The van der Waals surface area contributed by atoms with E-state index in [2.05, 4.69) is 5.10 Å². The highest BCUT2D eigenvalue weighted by Crippen LogP contribution is 1.90. The van der Waals surface area contributed by atoms with Crippen LogP contribution in [0.2, 0.25) is 0 Å². The molecule has 5 nitrogen and oxygen atoms in total. The number of hydrogen-bond donors (Lipinski definition) is 0. The fourth-order valence-corrected chi connectivity index (χ4v) is 1.71. The molecule has 0 atom stereocenters. The van der Waals surface area contributed by atoms with E-state index in [0.29, 0.717) is 17.3 Å². The zero-order chi connectivity index (χ0) is 10.3. The summed E-state index contributed by atoms with van der Waals surface area (Å²) in [6.45, 7) is 2.57. The molecule has 0 amide bonds. The van der Waals surface area contributed by atoms with Crippen LogP contribution in [0.5, 0.6) is 0 Å². The summed E-state index contributed by atoms with van der Waals surface area (Å²) in [6.07, 6.45) is 3.47. The Morgan fingerprint density at radius 1 is 1.64 bits per heavy atom. The van der Waals surface area contributed by atoms with Gasteiger partial charge in [0.25, 0.3) is 0 Å². The molecule has 0 aliphatic rings. The van der Waals surface area contributed by atoms with Crippen molar-refractivity contribution in [2.45, 2.75) is 18.6 Å². The van der Waals surface area contributed by atoms with Gasteiger partial charge < -0.3 is 17.2 Å². The zero-order valence-electron chi connectivity index (χ0n) is 7.97. The Bertz CT molecular complexity index is 542. The second-order valence-corrected chi connectivity index (χ2v) is 3.35. The first-order chi connectivity index (χ1) is 6.65. The van der Waals surface area contributed by atoms with E-state index in [1.54, 1.807) is 28.4 Å². The van der Waals surface area contributed by atoms with Crippen LogP contribution in [-0.2, 0) is 26.2 Å². The quantitative estimate of drug-likeness (QED) is 0.459. The Balaban J connectivity index is 2.95. The molecule has 2 heterocycles. The lowest BCUT2D eigenvalue weighted by atomic mass is 10.6. The standard InChI is InChI=1S/C8H10N4OS/c1-3-11-4-5-12-6(7(11)13)10(2)9-8(12)14/h4-5H,3H2,1-2H3. The maximum atomic E-state index is 11.8. The first kappa shape index (κ1) is 9.14. The molecule has 0 unspecified atom stereocenters. The van der Waals surface area contributed by atoms with Gasteiger partial charge in [0.05, 0.1) is 13.2 Å². The molecule has 0 saturated heterocycles. The van der Waals surface area contributed by atoms with Crippen LogP contribution < -0.4 is 9.96 Å². The highest BCUT2D eigenvalue weighted by atomic mass is 32.1. The molecule has 2 rings (SSSR count). The van der Waals surface area contributed by atoms with Gasteiger partial charge >= 0.3 is 11.2 Å². The van der Waals surface area contributed by atoms with Crippen LogP contribution >= 0.6 is 0 Å². The van der Waals surface area contributed by atoms with Gasteiger partial charge in [0.2, 0.25) is 0 Å². The molecule has 0 spiro atoms. The van der Waals surface area contributed by atoms with E-state index in [1.165, 1.54) is 4.68 Å². The summed E-state index contributed by atoms with van der Waals surface area (Å²) in [5, 5.41) is 4.41. The summed E-state index contributed by atoms with van der Waals surface area (Å²) in [7, 11) is 1.71. The number of nitrogens with zero attached hydrogens (tertiary/aromatic N) is 4. The fraction of sp³-hybridized carbons (Fsp3) is 0.375. The maximum absolute atomic E-state index is 11.8. The van der Waals surface area contributed by atoms with Crippen molar-refractivity contribution in [1.82, 2.24) is 14.3 Å². The first-order valence-electron chi connectivity index (χ1n) is 4.30. The van der Waals surface area contributed by atoms with Crippen molar-refractivity contribution in [2.24, 2.45) is 7.05 Å². The zero-order valence-corrected chi connectivity index (χ0v) is 8.78. The fourth-order valence-electron chi connectivity index (χ4n) is 1.44. The van der Waals surface area contributed by atoms with E-state index in [0.717, 1.165) is 0 Å². The minimum Gasteiger partial charge on any atom is -0.702 e. The normalized spacial score (nSPS) is 11.0. The third-order valence-corrected chi connectivity index (χ3v) is 2.44. The monoisotopic (exact) mass is 210 g/mol. The van der Waals surface area contributed by atoms with Crippen LogP contribution in [0.25, 0.3) is 5.65 Å². The van der Waals surface area contributed by atoms with Gasteiger partial charge in [-0.2, -0.15) is 0 Å². The summed E-state index contributed by atoms with van der Waals surface area (Å²) in [6, 6.07) is 0. The van der Waals surface area contributed by atoms with Gasteiger partial charge in [-0.15, -0.1) is 4.68 Å². The van der Waals surface area contributed by atoms with Crippen molar-refractivity contribution in [2.75, 3.05) is 0 Å². The van der Waals surface area contributed by atoms with Gasteiger partial charge in [-0.3, -0.25) is 4.79 Å². The van der Waals surface area contributed by atoms with Gasteiger partial charge in [0.1, 0.15) is 0 Å². The minimum absolute atomic E-state index is 0.0684. The molecule has 0 radical (unpaired) electrons. The summed E-state index contributed by atoms with van der Waals surface area (Å²) < 4.78 is 4.74. The van der Waals surface area contributed by atoms with E-state index in [4.69, 9.17) is 12.6 Å². The average molecular weight is 210 g/mol. The summed E-state index contributed by atoms with van der Waals surface area (Å²) in [5.41, 5.74) is 0.431. The van der Waals surface area contributed by atoms with Crippen molar-refractivity contribution in [3.8, 4) is 0 Å². The minimum atomic E-state index is -0.0684. The van der Waals surface area contributed by atoms with E-state index in [-0.39, 0.29) is 5.56 Å². The molecular weight excluding hydrogens is 200 g/mol. The van der Waals surface area contributed by atoms with Crippen molar-refractivity contribution in [3.05, 3.63) is 22.7 Å². The molecular formula is C8H10N4OS. The molecule has 2 aromatic rings. The second-order valence-electron chi connectivity index (χ2n) is 2.99. The maximum Gasteiger partial charge on any atom is 0.329 e. The SMILES string of the molecule is CCn1cc[n+]2c([S-])nn(C)c2c1=O. The van der Waals surface area contributed by atoms with Gasteiger partial charge in [-0.25, -0.2) is 4.40 Å². The molecule has 0 aliphatic carbocycles. The molecule has 6 heteroatoms. The van der Waals surface area contributed by atoms with Gasteiger partial charge in [0, 0.05) is 17.8 Å². The third-order valence-electron chi connectivity index (χ3n) is 2.16. The molecule has 0 N–H and O–H groups in total. The molecule has 0 aliphatic heterocycles. The van der Waals surface area contributed by atoms with Crippen LogP contribution in [0, 0.1) is 0 Å². The van der Waals surface area contributed by atoms with E-state index >= 15 is 0 Å². The molecule has 0 aromatic carbocycles. The van der Waals surface area contributed by atoms with Crippen molar-refractivity contribution < 1.29 is 4.40 Å². The topological polar surface area (TPSA) is 43.9 Å². The molecule has 0 fully saturated rings. The van der Waals surface area contributed by atoms with Crippen LogP contribution in [-0.4, -0.2) is 14.3 Å². The molecule has 14 heavy (non-hydrogen) atoms. The smallest absolute Gasteiger partial charge is 0.329 e.